The summed E-state index contributed by atoms with van der Waals surface area (Å²) in [5.41, 5.74) is 6.45. The van der Waals surface area contributed by atoms with Gasteiger partial charge in [0.1, 0.15) is 0 Å². The van der Waals surface area contributed by atoms with E-state index in [4.69, 9.17) is 5.10 Å². The average molecular weight is 309 g/mol. The fraction of sp³-hybridized carbons (Fsp3) is 0.450. The van der Waals surface area contributed by atoms with E-state index in [0.717, 1.165) is 24.5 Å². The SMILES string of the molecule is Cc1nn(-c2ccccc2)c(C)c1CNCCC1=CCCCC1. The Bertz CT molecular complexity index is 668. The van der Waals surface area contributed by atoms with E-state index in [1.54, 1.807) is 5.57 Å². The summed E-state index contributed by atoms with van der Waals surface area (Å²) in [6.45, 7) is 6.22. The standard InChI is InChI=1S/C20H27N3/c1-16-20(15-21-14-13-18-9-5-3-6-10-18)17(2)23(22-16)19-11-7-4-8-12-19/h4,7-9,11-12,21H,3,5-6,10,13-15H2,1-2H3. The molecule has 3 heteroatoms. The van der Waals surface area contributed by atoms with Crippen LogP contribution in [0, 0.1) is 13.8 Å². The molecule has 0 spiro atoms. The van der Waals surface area contributed by atoms with Gasteiger partial charge in [0, 0.05) is 17.8 Å². The zero-order chi connectivity index (χ0) is 16.1. The van der Waals surface area contributed by atoms with Crippen molar-refractivity contribution in [3.05, 3.63) is 58.9 Å². The molecule has 0 atom stereocenters. The van der Waals surface area contributed by atoms with Crippen LogP contribution in [0.25, 0.3) is 5.69 Å². The monoisotopic (exact) mass is 309 g/mol. The molecular weight excluding hydrogens is 282 g/mol. The molecule has 0 radical (unpaired) electrons. The number of nitrogens with one attached hydrogen (secondary N) is 1. The topological polar surface area (TPSA) is 29.9 Å². The quantitative estimate of drug-likeness (QED) is 0.630. The highest BCUT2D eigenvalue weighted by Gasteiger charge is 2.12. The second-order valence-electron chi connectivity index (χ2n) is 6.43. The summed E-state index contributed by atoms with van der Waals surface area (Å²) in [6.07, 6.45) is 8.94. The second kappa shape index (κ2) is 7.60. The molecule has 0 aliphatic heterocycles. The molecule has 0 amide bonds. The van der Waals surface area contributed by atoms with Gasteiger partial charge in [0.15, 0.2) is 0 Å². The maximum atomic E-state index is 4.71. The molecule has 2 aromatic rings. The zero-order valence-corrected chi connectivity index (χ0v) is 14.3. The van der Waals surface area contributed by atoms with Crippen molar-refractivity contribution in [2.75, 3.05) is 6.54 Å². The Balaban J connectivity index is 1.60. The lowest BCUT2D eigenvalue weighted by atomic mass is 9.97. The largest absolute Gasteiger partial charge is 0.312 e. The Morgan fingerprint density at radius 1 is 1.13 bits per heavy atom. The van der Waals surface area contributed by atoms with Gasteiger partial charge in [-0.15, -0.1) is 0 Å². The Kier molecular flexibility index (Phi) is 5.29. The van der Waals surface area contributed by atoms with Crippen LogP contribution in [0.5, 0.6) is 0 Å². The first-order chi connectivity index (χ1) is 11.3. The minimum Gasteiger partial charge on any atom is -0.312 e. The number of aromatic nitrogens is 2. The van der Waals surface area contributed by atoms with Gasteiger partial charge >= 0.3 is 0 Å². The second-order valence-corrected chi connectivity index (χ2v) is 6.43. The zero-order valence-electron chi connectivity index (χ0n) is 14.3. The van der Waals surface area contributed by atoms with Crippen molar-refractivity contribution in [2.24, 2.45) is 0 Å². The number of benzene rings is 1. The number of hydrogen-bond acceptors (Lipinski definition) is 2. The van der Waals surface area contributed by atoms with Crippen LogP contribution < -0.4 is 5.32 Å². The number of allylic oxidation sites excluding steroid dienone is 1. The predicted molar refractivity (Wildman–Crippen MR) is 95.9 cm³/mol. The summed E-state index contributed by atoms with van der Waals surface area (Å²) >= 11 is 0. The van der Waals surface area contributed by atoms with Gasteiger partial charge in [0.25, 0.3) is 0 Å². The van der Waals surface area contributed by atoms with E-state index in [2.05, 4.69) is 54.2 Å². The number of aryl methyl sites for hydroxylation is 1. The molecule has 1 aliphatic carbocycles. The maximum Gasteiger partial charge on any atom is 0.0648 e. The number of rotatable bonds is 6. The van der Waals surface area contributed by atoms with Crippen molar-refractivity contribution in [1.82, 2.24) is 15.1 Å². The van der Waals surface area contributed by atoms with Crippen molar-refractivity contribution >= 4 is 0 Å². The van der Waals surface area contributed by atoms with Crippen molar-refractivity contribution in [2.45, 2.75) is 52.5 Å². The molecule has 0 saturated carbocycles. The first-order valence-electron chi connectivity index (χ1n) is 8.75. The lowest BCUT2D eigenvalue weighted by molar-refractivity contribution is 0.630. The van der Waals surface area contributed by atoms with E-state index < -0.39 is 0 Å². The van der Waals surface area contributed by atoms with Crippen LogP contribution >= 0.6 is 0 Å². The van der Waals surface area contributed by atoms with Crippen LogP contribution in [0.1, 0.15) is 49.1 Å². The van der Waals surface area contributed by atoms with Gasteiger partial charge < -0.3 is 5.32 Å². The Labute approximate surface area is 139 Å². The molecule has 122 valence electrons. The van der Waals surface area contributed by atoms with Crippen LogP contribution in [0.2, 0.25) is 0 Å². The molecule has 1 heterocycles. The first-order valence-corrected chi connectivity index (χ1v) is 8.75. The third-order valence-electron chi connectivity index (χ3n) is 4.75. The molecule has 3 nitrogen and oxygen atoms in total. The predicted octanol–water partition coefficient (Wildman–Crippen LogP) is 4.47. The molecule has 1 aliphatic rings. The third kappa shape index (κ3) is 3.91. The number of hydrogen-bond donors (Lipinski definition) is 1. The highest BCUT2D eigenvalue weighted by Crippen LogP contribution is 2.20. The number of para-hydroxylation sites is 1. The minimum absolute atomic E-state index is 0.901. The average Bonchev–Trinajstić information content (AvgIpc) is 2.88. The van der Waals surface area contributed by atoms with Gasteiger partial charge in [0.2, 0.25) is 0 Å². The van der Waals surface area contributed by atoms with E-state index in [9.17, 15) is 0 Å². The van der Waals surface area contributed by atoms with Gasteiger partial charge in [-0.25, -0.2) is 4.68 Å². The normalized spacial score (nSPS) is 14.8. The summed E-state index contributed by atoms with van der Waals surface area (Å²) in [5.74, 6) is 0. The van der Waals surface area contributed by atoms with Gasteiger partial charge in [-0.05, 0) is 64.6 Å². The summed E-state index contributed by atoms with van der Waals surface area (Å²) in [6, 6.07) is 10.4. The minimum atomic E-state index is 0.901. The van der Waals surface area contributed by atoms with E-state index >= 15 is 0 Å². The fourth-order valence-electron chi connectivity index (χ4n) is 3.35. The van der Waals surface area contributed by atoms with Crippen LogP contribution in [0.15, 0.2) is 42.0 Å². The first kappa shape index (κ1) is 16.0. The van der Waals surface area contributed by atoms with E-state index in [0.29, 0.717) is 0 Å². The third-order valence-corrected chi connectivity index (χ3v) is 4.75. The van der Waals surface area contributed by atoms with Crippen LogP contribution in [0.3, 0.4) is 0 Å². The van der Waals surface area contributed by atoms with Crippen LogP contribution in [-0.4, -0.2) is 16.3 Å². The van der Waals surface area contributed by atoms with Gasteiger partial charge in [0.05, 0.1) is 11.4 Å². The summed E-state index contributed by atoms with van der Waals surface area (Å²) in [4.78, 5) is 0. The van der Waals surface area contributed by atoms with Crippen molar-refractivity contribution in [3.63, 3.8) is 0 Å². The summed E-state index contributed by atoms with van der Waals surface area (Å²) in [5, 5.41) is 8.32. The molecule has 3 rings (SSSR count). The number of nitrogens with zero attached hydrogens (tertiary/aromatic N) is 2. The highest BCUT2D eigenvalue weighted by atomic mass is 15.3. The molecule has 1 aromatic heterocycles. The molecule has 0 saturated heterocycles. The molecule has 0 fully saturated rings. The van der Waals surface area contributed by atoms with E-state index in [1.807, 2.05) is 6.07 Å². The lowest BCUT2D eigenvalue weighted by Gasteiger charge is -2.13. The van der Waals surface area contributed by atoms with Gasteiger partial charge in [-0.3, -0.25) is 0 Å². The smallest absolute Gasteiger partial charge is 0.0648 e. The Morgan fingerprint density at radius 2 is 1.96 bits per heavy atom. The molecular formula is C20H27N3. The van der Waals surface area contributed by atoms with Gasteiger partial charge in [-0.1, -0.05) is 29.8 Å². The highest BCUT2D eigenvalue weighted by molar-refractivity contribution is 5.36. The van der Waals surface area contributed by atoms with Crippen molar-refractivity contribution < 1.29 is 0 Å². The van der Waals surface area contributed by atoms with Gasteiger partial charge in [-0.2, -0.15) is 5.10 Å². The van der Waals surface area contributed by atoms with Crippen LogP contribution in [-0.2, 0) is 6.54 Å². The van der Waals surface area contributed by atoms with E-state index in [-0.39, 0.29) is 0 Å². The molecule has 23 heavy (non-hydrogen) atoms. The summed E-state index contributed by atoms with van der Waals surface area (Å²) in [7, 11) is 0. The van der Waals surface area contributed by atoms with E-state index in [1.165, 1.54) is 43.4 Å². The Hall–Kier alpha value is -1.87. The van der Waals surface area contributed by atoms with Crippen molar-refractivity contribution in [1.29, 1.82) is 0 Å². The maximum absolute atomic E-state index is 4.71. The van der Waals surface area contributed by atoms with Crippen molar-refractivity contribution in [3.8, 4) is 5.69 Å². The molecule has 1 N–H and O–H groups in total. The fourth-order valence-corrected chi connectivity index (χ4v) is 3.35. The lowest BCUT2D eigenvalue weighted by Crippen LogP contribution is -2.16. The summed E-state index contributed by atoms with van der Waals surface area (Å²) < 4.78 is 2.05. The van der Waals surface area contributed by atoms with Crippen LogP contribution in [0.4, 0.5) is 0 Å². The Morgan fingerprint density at radius 3 is 2.70 bits per heavy atom. The molecule has 0 bridgehead atoms. The molecule has 1 aromatic carbocycles. The molecule has 0 unspecified atom stereocenters.